The molecule has 0 aromatic rings. The topological polar surface area (TPSA) is 0 Å². The van der Waals surface area contributed by atoms with Crippen LogP contribution in [0.1, 0.15) is 36.0 Å². The van der Waals surface area contributed by atoms with E-state index in [9.17, 15) is 0 Å². The van der Waals surface area contributed by atoms with Gasteiger partial charge in [0.25, 0.3) is 0 Å². The Balaban J connectivity index is -0.0000000133. The Hall–Kier alpha value is 1.25. The number of hydrogen-bond donors (Lipinski definition) is 0. The SMILES string of the molecule is Br.CCCCC.[H-].[H-].[Mg+2]. The molecule has 0 unspecified atom stereocenters. The summed E-state index contributed by atoms with van der Waals surface area (Å²) in [5.41, 5.74) is 0. The molecule has 0 fully saturated rings. The molecule has 44 valence electrons. The van der Waals surface area contributed by atoms with Crippen LogP contribution in [0, 0.1) is 0 Å². The fraction of sp³-hybridized carbons (Fsp3) is 1.00. The fourth-order valence-corrected chi connectivity index (χ4v) is 0.354. The van der Waals surface area contributed by atoms with Gasteiger partial charge in [-0.2, -0.15) is 0 Å². The van der Waals surface area contributed by atoms with Crippen molar-refractivity contribution in [2.45, 2.75) is 33.1 Å². The Kier molecular flexibility index (Phi) is 35.2. The van der Waals surface area contributed by atoms with E-state index in [-0.39, 0.29) is 42.9 Å². The largest absolute Gasteiger partial charge is 2.00 e. The summed E-state index contributed by atoms with van der Waals surface area (Å²) < 4.78 is 0. The second-order valence-corrected chi connectivity index (χ2v) is 1.35. The zero-order valence-electron chi connectivity index (χ0n) is 7.24. The van der Waals surface area contributed by atoms with E-state index in [2.05, 4.69) is 13.8 Å². The second kappa shape index (κ2) is 15.7. The van der Waals surface area contributed by atoms with Crippen LogP contribution in [0.2, 0.25) is 0 Å². The van der Waals surface area contributed by atoms with Gasteiger partial charge in [-0.1, -0.05) is 33.1 Å². The molecule has 0 aromatic heterocycles. The van der Waals surface area contributed by atoms with Gasteiger partial charge in [-0.3, -0.25) is 0 Å². The Morgan fingerprint density at radius 2 is 1.43 bits per heavy atom. The summed E-state index contributed by atoms with van der Waals surface area (Å²) in [4.78, 5) is 0. The smallest absolute Gasteiger partial charge is 1.00 e. The molecule has 0 aromatic carbocycles. The molecule has 0 aliphatic rings. The number of halogens is 1. The van der Waals surface area contributed by atoms with Gasteiger partial charge in [0, 0.05) is 0 Å². The van der Waals surface area contributed by atoms with Crippen LogP contribution < -0.4 is 0 Å². The molecule has 0 aliphatic carbocycles. The summed E-state index contributed by atoms with van der Waals surface area (Å²) in [5, 5.41) is 0. The van der Waals surface area contributed by atoms with Crippen molar-refractivity contribution in [3.8, 4) is 0 Å². The van der Waals surface area contributed by atoms with Gasteiger partial charge < -0.3 is 2.85 Å². The summed E-state index contributed by atoms with van der Waals surface area (Å²) in [5.74, 6) is 0. The third-order valence-electron chi connectivity index (χ3n) is 0.707. The Bertz CT molecular complexity index is 22.4. The minimum Gasteiger partial charge on any atom is -1.00 e. The van der Waals surface area contributed by atoms with E-state index in [0.717, 1.165) is 0 Å². The predicted octanol–water partition coefficient (Wildman–Crippen LogP) is 2.62. The van der Waals surface area contributed by atoms with Crippen LogP contribution in [0.4, 0.5) is 0 Å². The van der Waals surface area contributed by atoms with Gasteiger partial charge in [0.1, 0.15) is 0 Å². The van der Waals surface area contributed by atoms with Gasteiger partial charge in [-0.25, -0.2) is 0 Å². The van der Waals surface area contributed by atoms with E-state index >= 15 is 0 Å². The summed E-state index contributed by atoms with van der Waals surface area (Å²) in [6, 6.07) is 0. The molecule has 0 nitrogen and oxygen atoms in total. The van der Waals surface area contributed by atoms with Crippen LogP contribution in [0.15, 0.2) is 0 Å². The van der Waals surface area contributed by atoms with Crippen molar-refractivity contribution in [1.29, 1.82) is 0 Å². The maximum Gasteiger partial charge on any atom is 2.00 e. The quantitative estimate of drug-likeness (QED) is 0.572. The summed E-state index contributed by atoms with van der Waals surface area (Å²) in [7, 11) is 0. The summed E-state index contributed by atoms with van der Waals surface area (Å²) in [6.45, 7) is 4.42. The van der Waals surface area contributed by atoms with Gasteiger partial charge in [0.15, 0.2) is 0 Å². The van der Waals surface area contributed by atoms with Crippen LogP contribution in [0.3, 0.4) is 0 Å². The van der Waals surface area contributed by atoms with Gasteiger partial charge in [0.05, 0.1) is 0 Å². The molecule has 0 radical (unpaired) electrons. The van der Waals surface area contributed by atoms with Gasteiger partial charge in [0.2, 0.25) is 0 Å². The molecule has 0 atom stereocenters. The molecule has 0 rings (SSSR count). The third-order valence-corrected chi connectivity index (χ3v) is 0.707. The average molecular weight is 179 g/mol. The first kappa shape index (κ1) is 15.7. The first-order chi connectivity index (χ1) is 2.41. The Morgan fingerprint density at radius 3 is 1.43 bits per heavy atom. The van der Waals surface area contributed by atoms with Crippen molar-refractivity contribution >= 4 is 40.0 Å². The number of unbranched alkanes of at least 4 members (excludes halogenated alkanes) is 2. The van der Waals surface area contributed by atoms with Crippen LogP contribution >= 0.6 is 17.0 Å². The minimum atomic E-state index is 0. The molecule has 0 amide bonds. The van der Waals surface area contributed by atoms with Crippen molar-refractivity contribution in [2.24, 2.45) is 0 Å². The molecular formula is C5H15BrMg. The van der Waals surface area contributed by atoms with E-state index < -0.39 is 0 Å². The second-order valence-electron chi connectivity index (χ2n) is 1.35. The van der Waals surface area contributed by atoms with E-state index in [1.165, 1.54) is 19.3 Å². The summed E-state index contributed by atoms with van der Waals surface area (Å²) in [6.07, 6.45) is 4.08. The number of rotatable bonds is 2. The van der Waals surface area contributed by atoms with Crippen molar-refractivity contribution in [3.05, 3.63) is 0 Å². The Labute approximate surface area is 76.0 Å². The summed E-state index contributed by atoms with van der Waals surface area (Å²) >= 11 is 0. The fourth-order valence-electron chi connectivity index (χ4n) is 0.354. The predicted molar refractivity (Wildman–Crippen MR) is 43.5 cm³/mol. The first-order valence-electron chi connectivity index (χ1n) is 2.41. The van der Waals surface area contributed by atoms with Gasteiger partial charge >= 0.3 is 23.1 Å². The van der Waals surface area contributed by atoms with E-state index in [0.29, 0.717) is 0 Å². The molecule has 0 spiro atoms. The number of hydrogen-bond acceptors (Lipinski definition) is 0. The van der Waals surface area contributed by atoms with E-state index in [4.69, 9.17) is 0 Å². The average Bonchev–Trinajstić information content (AvgIpc) is 1.41. The molecule has 0 bridgehead atoms. The zero-order chi connectivity index (χ0) is 4.12. The zero-order valence-corrected chi connectivity index (χ0v) is 8.36. The van der Waals surface area contributed by atoms with E-state index in [1.54, 1.807) is 0 Å². The van der Waals surface area contributed by atoms with Crippen LogP contribution in [0.5, 0.6) is 0 Å². The molecule has 0 saturated heterocycles. The van der Waals surface area contributed by atoms with Crippen molar-refractivity contribution < 1.29 is 2.85 Å². The maximum absolute atomic E-state index is 2.21. The molecular weight excluding hydrogens is 164 g/mol. The molecule has 0 aliphatic heterocycles. The molecule has 0 saturated carbocycles. The van der Waals surface area contributed by atoms with Crippen LogP contribution in [-0.4, -0.2) is 23.1 Å². The first-order valence-corrected chi connectivity index (χ1v) is 2.41. The van der Waals surface area contributed by atoms with Crippen LogP contribution in [0.25, 0.3) is 0 Å². The monoisotopic (exact) mass is 178 g/mol. The minimum absolute atomic E-state index is 0. The molecule has 2 heteroatoms. The van der Waals surface area contributed by atoms with Crippen molar-refractivity contribution in [3.63, 3.8) is 0 Å². The standard InChI is InChI=1S/C5H12.BrH.Mg.2H/c1-3-5-4-2;;;;/h3-5H2,1-2H3;1H;;;/q;;+2;2*-1. The van der Waals surface area contributed by atoms with Crippen molar-refractivity contribution in [1.82, 2.24) is 0 Å². The van der Waals surface area contributed by atoms with Crippen molar-refractivity contribution in [2.75, 3.05) is 0 Å². The van der Waals surface area contributed by atoms with Gasteiger partial charge in [-0.15, -0.1) is 17.0 Å². The molecule has 7 heavy (non-hydrogen) atoms. The third kappa shape index (κ3) is 18.9. The van der Waals surface area contributed by atoms with Gasteiger partial charge in [-0.05, 0) is 0 Å². The molecule has 0 N–H and O–H groups in total. The van der Waals surface area contributed by atoms with E-state index in [1.807, 2.05) is 0 Å². The Morgan fingerprint density at radius 1 is 1.14 bits per heavy atom. The normalized spacial score (nSPS) is 6.00. The van der Waals surface area contributed by atoms with Crippen LogP contribution in [-0.2, 0) is 0 Å². The maximum atomic E-state index is 2.21. The molecule has 0 heterocycles.